The predicted molar refractivity (Wildman–Crippen MR) is 338 cm³/mol. The Labute approximate surface area is 493 Å². The zero-order valence-corrected chi connectivity index (χ0v) is 52.7. The molecule has 0 aromatic carbocycles. The lowest BCUT2D eigenvalue weighted by atomic mass is 10.0. The number of ether oxygens (including phenoxy) is 4. The van der Waals surface area contributed by atoms with Crippen LogP contribution in [0.1, 0.15) is 290 Å². The molecule has 0 fully saturated rings. The minimum absolute atomic E-state index is 0.145. The van der Waals surface area contributed by atoms with Crippen LogP contribution in [0, 0.1) is 0 Å². The monoisotopic (exact) mass is 1120 g/mol. The molecule has 0 aliphatic carbocycles. The fourth-order valence-electron chi connectivity index (χ4n) is 9.30. The number of quaternary nitrogens is 1. The first kappa shape index (κ1) is 76.5. The normalized spacial score (nSPS) is 13.3. The van der Waals surface area contributed by atoms with Crippen LogP contribution in [-0.4, -0.2) is 82.3 Å². The van der Waals surface area contributed by atoms with Gasteiger partial charge in [0.25, 0.3) is 0 Å². The van der Waals surface area contributed by atoms with Gasteiger partial charge in [-0.05, 0) is 89.9 Å². The molecule has 0 spiro atoms. The van der Waals surface area contributed by atoms with E-state index in [9.17, 15) is 19.5 Å². The third kappa shape index (κ3) is 62.1. The molecule has 0 amide bonds. The van der Waals surface area contributed by atoms with E-state index in [1.54, 1.807) is 0 Å². The van der Waals surface area contributed by atoms with Gasteiger partial charge in [0.2, 0.25) is 0 Å². The third-order valence-corrected chi connectivity index (χ3v) is 14.4. The van der Waals surface area contributed by atoms with Gasteiger partial charge in [-0.15, -0.1) is 0 Å². The Hall–Kier alpha value is -3.53. The van der Waals surface area contributed by atoms with Crippen LogP contribution in [0.15, 0.2) is 85.1 Å². The number of carbonyl (C=O) groups excluding carboxylic acids is 3. The molecule has 0 radical (unpaired) electrons. The Kier molecular flexibility index (Phi) is 58.8. The lowest BCUT2D eigenvalue weighted by molar-refractivity contribution is -0.870. The summed E-state index contributed by atoms with van der Waals surface area (Å²) < 4.78 is 22.8. The third-order valence-electron chi connectivity index (χ3n) is 14.4. The molecule has 0 aliphatic rings. The van der Waals surface area contributed by atoms with Gasteiger partial charge in [0, 0.05) is 12.8 Å². The number of nitrogens with zero attached hydrogens (tertiary/aromatic N) is 1. The van der Waals surface area contributed by atoms with Crippen molar-refractivity contribution in [3.63, 3.8) is 0 Å². The summed E-state index contributed by atoms with van der Waals surface area (Å²) in [7, 11) is 5.93. The van der Waals surface area contributed by atoms with Gasteiger partial charge in [-0.1, -0.05) is 272 Å². The molecule has 0 saturated carbocycles. The lowest BCUT2D eigenvalue weighted by Gasteiger charge is -2.26. The number of esters is 2. The van der Waals surface area contributed by atoms with E-state index in [-0.39, 0.29) is 38.6 Å². The SMILES string of the molecule is CC/C=C\C/C=C\C/C=C\C/C=C\C/C=C\CCCCCCCCCCCCCCCCCCCCCCCC(=O)OC(COC(=O)CCCCCCCCC/C=C\C/C=C\CCCCCC)COC(OCC[N+](C)(C)C)C(=O)[O-]. The molecule has 80 heavy (non-hydrogen) atoms. The lowest BCUT2D eigenvalue weighted by Crippen LogP contribution is -2.44. The molecule has 0 N–H and O–H groups in total. The molecule has 0 heterocycles. The highest BCUT2D eigenvalue weighted by Crippen LogP contribution is 2.17. The van der Waals surface area contributed by atoms with E-state index in [0.29, 0.717) is 17.4 Å². The topological polar surface area (TPSA) is 111 Å². The van der Waals surface area contributed by atoms with Crippen molar-refractivity contribution in [1.82, 2.24) is 0 Å². The summed E-state index contributed by atoms with van der Waals surface area (Å²) in [6.07, 6.45) is 79.5. The summed E-state index contributed by atoms with van der Waals surface area (Å²) in [4.78, 5) is 37.4. The average molecular weight is 1120 g/mol. The van der Waals surface area contributed by atoms with Gasteiger partial charge in [-0.25, -0.2) is 0 Å². The molecule has 0 aromatic heterocycles. The van der Waals surface area contributed by atoms with Crippen LogP contribution in [0.4, 0.5) is 0 Å². The summed E-state index contributed by atoms with van der Waals surface area (Å²) in [6, 6.07) is 0. The van der Waals surface area contributed by atoms with Crippen LogP contribution < -0.4 is 5.11 Å². The number of hydrogen-bond donors (Lipinski definition) is 0. The molecule has 0 aromatic rings. The Balaban J connectivity index is 4.05. The number of carboxylic acids is 1. The summed E-state index contributed by atoms with van der Waals surface area (Å²) >= 11 is 0. The summed E-state index contributed by atoms with van der Waals surface area (Å²) in [5.41, 5.74) is 0. The highest BCUT2D eigenvalue weighted by molar-refractivity contribution is 5.70. The fraction of sp³-hybridized carbons (Fsp3) is 0.761. The van der Waals surface area contributed by atoms with Crippen LogP contribution in [0.2, 0.25) is 0 Å². The smallest absolute Gasteiger partial charge is 0.306 e. The Morgan fingerprint density at radius 3 is 1.06 bits per heavy atom. The highest BCUT2D eigenvalue weighted by Gasteiger charge is 2.22. The Bertz CT molecular complexity index is 1590. The average Bonchev–Trinajstić information content (AvgIpc) is 3.43. The number of unbranched alkanes of at least 4 members (excludes halogenated alkanes) is 32. The summed E-state index contributed by atoms with van der Waals surface area (Å²) in [6.45, 7) is 4.63. The number of allylic oxidation sites excluding steroid dienone is 14. The minimum atomic E-state index is -1.62. The molecule has 2 unspecified atom stereocenters. The van der Waals surface area contributed by atoms with E-state index >= 15 is 0 Å². The molecule has 9 nitrogen and oxygen atoms in total. The van der Waals surface area contributed by atoms with Crippen LogP contribution in [-0.2, 0) is 33.3 Å². The van der Waals surface area contributed by atoms with Crippen molar-refractivity contribution in [2.24, 2.45) is 0 Å². The number of carbonyl (C=O) groups is 3. The zero-order chi connectivity index (χ0) is 58.3. The van der Waals surface area contributed by atoms with Gasteiger partial charge in [0.05, 0.1) is 40.3 Å². The van der Waals surface area contributed by atoms with Crippen molar-refractivity contribution >= 4 is 17.9 Å². The van der Waals surface area contributed by atoms with Crippen LogP contribution in [0.3, 0.4) is 0 Å². The maximum absolute atomic E-state index is 12.9. The molecule has 0 rings (SSSR count). The van der Waals surface area contributed by atoms with Crippen LogP contribution in [0.25, 0.3) is 0 Å². The second-order valence-electron chi connectivity index (χ2n) is 23.4. The Morgan fingerprint density at radius 1 is 0.388 bits per heavy atom. The molecule has 0 aliphatic heterocycles. The van der Waals surface area contributed by atoms with Gasteiger partial charge < -0.3 is 33.3 Å². The maximum atomic E-state index is 12.9. The first-order valence-electron chi connectivity index (χ1n) is 33.2. The quantitative estimate of drug-likeness (QED) is 0.0195. The first-order chi connectivity index (χ1) is 39.1. The number of aliphatic carboxylic acids is 1. The minimum Gasteiger partial charge on any atom is -0.545 e. The molecule has 0 saturated heterocycles. The number of likely N-dealkylation sites (N-methyl/N-ethyl adjacent to an activating group) is 1. The van der Waals surface area contributed by atoms with Crippen LogP contribution >= 0.6 is 0 Å². The van der Waals surface area contributed by atoms with Crippen molar-refractivity contribution in [2.75, 3.05) is 47.5 Å². The van der Waals surface area contributed by atoms with Gasteiger partial charge in [-0.3, -0.25) is 9.59 Å². The Morgan fingerprint density at radius 2 is 0.713 bits per heavy atom. The fourth-order valence-corrected chi connectivity index (χ4v) is 9.30. The molecular weight excluding hydrogens is 995 g/mol. The van der Waals surface area contributed by atoms with Gasteiger partial charge in [0.1, 0.15) is 13.2 Å². The van der Waals surface area contributed by atoms with Crippen LogP contribution in [0.5, 0.6) is 0 Å². The summed E-state index contributed by atoms with van der Waals surface area (Å²) in [5.74, 6) is -2.28. The van der Waals surface area contributed by atoms with E-state index in [4.69, 9.17) is 18.9 Å². The molecule has 0 bridgehead atoms. The molecular formula is C71H125NO8. The maximum Gasteiger partial charge on any atom is 0.306 e. The largest absolute Gasteiger partial charge is 0.545 e. The van der Waals surface area contributed by atoms with Crippen molar-refractivity contribution in [2.45, 2.75) is 302 Å². The zero-order valence-electron chi connectivity index (χ0n) is 52.7. The van der Waals surface area contributed by atoms with Crippen molar-refractivity contribution in [3.05, 3.63) is 85.1 Å². The standard InChI is InChI=1S/C71H125NO8/c1-6-8-10-12-14-16-18-20-22-24-26-27-28-29-30-31-32-33-34-35-36-37-38-39-40-41-42-43-44-46-48-50-52-54-56-58-60-62-69(74)80-67(66-79-71(70(75)76)77-64-63-72(3,4)5)65-78-68(73)61-59-57-55-53-51-49-47-45-25-23-21-19-17-15-13-11-9-7-2/h8,10,14,16-17,19-20,22-23,25-27,29-30,67,71H,6-7,9,11-13,15,18,21,24,28,31-66H2,1-5H3/b10-8-,16-14-,19-17-,22-20-,25-23-,27-26-,30-29-. The summed E-state index contributed by atoms with van der Waals surface area (Å²) in [5, 5.41) is 11.8. The van der Waals surface area contributed by atoms with E-state index in [0.717, 1.165) is 83.5 Å². The molecule has 462 valence electrons. The predicted octanol–water partition coefficient (Wildman–Crippen LogP) is 19.0. The first-order valence-corrected chi connectivity index (χ1v) is 33.2. The van der Waals surface area contributed by atoms with E-state index in [1.807, 2.05) is 21.1 Å². The number of rotatable bonds is 61. The second-order valence-corrected chi connectivity index (χ2v) is 23.4. The van der Waals surface area contributed by atoms with Gasteiger partial charge in [-0.2, -0.15) is 0 Å². The number of carboxylic acid groups (broad SMARTS) is 1. The molecule has 2 atom stereocenters. The molecule has 9 heteroatoms. The number of hydrogen-bond acceptors (Lipinski definition) is 8. The van der Waals surface area contributed by atoms with Crippen molar-refractivity contribution in [1.29, 1.82) is 0 Å². The van der Waals surface area contributed by atoms with E-state index in [1.165, 1.54) is 173 Å². The van der Waals surface area contributed by atoms with E-state index < -0.39 is 24.3 Å². The van der Waals surface area contributed by atoms with E-state index in [2.05, 4.69) is 98.9 Å². The van der Waals surface area contributed by atoms with Crippen molar-refractivity contribution in [3.8, 4) is 0 Å². The van der Waals surface area contributed by atoms with Crippen molar-refractivity contribution < 1.29 is 42.9 Å². The van der Waals surface area contributed by atoms with Gasteiger partial charge in [0.15, 0.2) is 12.4 Å². The highest BCUT2D eigenvalue weighted by atomic mass is 16.7. The second kappa shape index (κ2) is 61.5. The van der Waals surface area contributed by atoms with Gasteiger partial charge >= 0.3 is 11.9 Å².